The van der Waals surface area contributed by atoms with Crippen LogP contribution in [0.15, 0.2) is 17.5 Å². The molecule has 2 rings (SSSR count). The molecule has 0 aliphatic carbocycles. The molecule has 0 aliphatic heterocycles. The van der Waals surface area contributed by atoms with Crippen molar-refractivity contribution in [3.63, 3.8) is 0 Å². The van der Waals surface area contributed by atoms with Gasteiger partial charge in [0.25, 0.3) is 0 Å². The molecule has 21 heavy (non-hydrogen) atoms. The number of rotatable bonds is 5. The quantitative estimate of drug-likeness (QED) is 0.640. The summed E-state index contributed by atoms with van der Waals surface area (Å²) in [6.45, 7) is 4.23. The number of carboxylic acid groups (broad SMARTS) is 1. The Morgan fingerprint density at radius 3 is 2.95 bits per heavy atom. The molecule has 108 valence electrons. The van der Waals surface area contributed by atoms with Crippen molar-refractivity contribution in [3.05, 3.63) is 18.0 Å². The van der Waals surface area contributed by atoms with Crippen molar-refractivity contribution in [1.29, 1.82) is 5.26 Å². The zero-order valence-corrected chi connectivity index (χ0v) is 11.7. The van der Waals surface area contributed by atoms with Crippen molar-refractivity contribution in [3.8, 4) is 6.07 Å². The van der Waals surface area contributed by atoms with Crippen LogP contribution in [0, 0.1) is 11.3 Å². The van der Waals surface area contributed by atoms with E-state index in [1.807, 2.05) is 13.0 Å². The fraction of sp³-hybridized carbons (Fsp3) is 0.308. The lowest BCUT2D eigenvalue weighted by molar-refractivity contribution is 0.0697. The van der Waals surface area contributed by atoms with Gasteiger partial charge in [0.15, 0.2) is 5.65 Å². The van der Waals surface area contributed by atoms with E-state index in [0.717, 1.165) is 0 Å². The van der Waals surface area contributed by atoms with Crippen LogP contribution in [0.2, 0.25) is 0 Å². The monoisotopic (exact) mass is 286 g/mol. The van der Waals surface area contributed by atoms with E-state index >= 15 is 0 Å². The van der Waals surface area contributed by atoms with E-state index in [4.69, 9.17) is 5.26 Å². The summed E-state index contributed by atoms with van der Waals surface area (Å²) in [4.78, 5) is 15.4. The standard InChI is InChI=1S/C13H14N6O2/c1-3-19-12-9(7-16-19)11(10(6-15-12)13(20)21)18-17-8(2)4-5-14/h6-7H,3-4H2,1-2H3,(H,15,18)(H,20,21). The topological polar surface area (TPSA) is 116 Å². The van der Waals surface area contributed by atoms with Gasteiger partial charge in [-0.05, 0) is 13.8 Å². The number of hydrazone groups is 1. The Morgan fingerprint density at radius 1 is 1.57 bits per heavy atom. The van der Waals surface area contributed by atoms with Gasteiger partial charge in [0.05, 0.1) is 29.8 Å². The number of hydrogen-bond acceptors (Lipinski definition) is 6. The van der Waals surface area contributed by atoms with E-state index in [0.29, 0.717) is 29.0 Å². The van der Waals surface area contributed by atoms with Gasteiger partial charge in [0, 0.05) is 18.5 Å². The maximum atomic E-state index is 11.3. The number of carboxylic acids is 1. The molecule has 0 fully saturated rings. The molecule has 0 bridgehead atoms. The summed E-state index contributed by atoms with van der Waals surface area (Å²) in [6.07, 6.45) is 2.99. The van der Waals surface area contributed by atoms with Gasteiger partial charge in [-0.25, -0.2) is 14.5 Å². The number of anilines is 1. The summed E-state index contributed by atoms with van der Waals surface area (Å²) in [5, 5.41) is 26.6. The highest BCUT2D eigenvalue weighted by Gasteiger charge is 2.17. The van der Waals surface area contributed by atoms with Crippen molar-refractivity contribution in [2.24, 2.45) is 5.10 Å². The number of nitrogens with zero attached hydrogens (tertiary/aromatic N) is 5. The number of fused-ring (bicyclic) bond motifs is 1. The normalized spacial score (nSPS) is 11.4. The number of aromatic carboxylic acids is 1. The van der Waals surface area contributed by atoms with Crippen LogP contribution < -0.4 is 5.43 Å². The second kappa shape index (κ2) is 6.00. The smallest absolute Gasteiger partial charge is 0.339 e. The lowest BCUT2D eigenvalue weighted by atomic mass is 10.2. The van der Waals surface area contributed by atoms with E-state index in [9.17, 15) is 9.90 Å². The first-order valence-electron chi connectivity index (χ1n) is 6.32. The molecule has 8 nitrogen and oxygen atoms in total. The molecule has 0 atom stereocenters. The number of nitrogens with one attached hydrogen (secondary N) is 1. The second-order valence-corrected chi connectivity index (χ2v) is 4.34. The lowest BCUT2D eigenvalue weighted by Crippen LogP contribution is -2.06. The number of carbonyl (C=O) groups is 1. The minimum Gasteiger partial charge on any atom is -0.478 e. The third-order valence-corrected chi connectivity index (χ3v) is 2.89. The van der Waals surface area contributed by atoms with Gasteiger partial charge in [-0.2, -0.15) is 15.5 Å². The molecule has 0 saturated carbocycles. The Balaban J connectivity index is 2.54. The SMILES string of the molecule is CCn1ncc2c(NN=C(C)CC#N)c(C(=O)O)cnc21. The molecule has 0 spiro atoms. The van der Waals surface area contributed by atoms with Crippen molar-refractivity contribution in [2.45, 2.75) is 26.8 Å². The second-order valence-electron chi connectivity index (χ2n) is 4.34. The maximum absolute atomic E-state index is 11.3. The molecule has 0 amide bonds. The van der Waals surface area contributed by atoms with E-state index in [1.165, 1.54) is 6.20 Å². The van der Waals surface area contributed by atoms with Crippen molar-refractivity contribution in [1.82, 2.24) is 14.8 Å². The Hall–Kier alpha value is -2.95. The molecule has 2 heterocycles. The minimum absolute atomic E-state index is 0.00617. The first-order chi connectivity index (χ1) is 10.1. The molecule has 0 aromatic carbocycles. The van der Waals surface area contributed by atoms with Gasteiger partial charge in [0.2, 0.25) is 0 Å². The van der Waals surface area contributed by atoms with Crippen LogP contribution in [0.5, 0.6) is 0 Å². The van der Waals surface area contributed by atoms with E-state index < -0.39 is 5.97 Å². The molecule has 2 N–H and O–H groups in total. The Morgan fingerprint density at radius 2 is 2.33 bits per heavy atom. The molecule has 0 unspecified atom stereocenters. The summed E-state index contributed by atoms with van der Waals surface area (Å²) in [5.74, 6) is -1.11. The highest BCUT2D eigenvalue weighted by molar-refractivity contribution is 6.03. The highest BCUT2D eigenvalue weighted by Crippen LogP contribution is 2.26. The predicted octanol–water partition coefficient (Wildman–Crippen LogP) is 1.85. The number of pyridine rings is 1. The number of nitriles is 1. The van der Waals surface area contributed by atoms with Crippen LogP contribution in [0.1, 0.15) is 30.6 Å². The minimum atomic E-state index is -1.11. The lowest BCUT2D eigenvalue weighted by Gasteiger charge is -2.07. The Kier molecular flexibility index (Phi) is 4.13. The molecular formula is C13H14N6O2. The fourth-order valence-corrected chi connectivity index (χ4v) is 1.85. The van der Waals surface area contributed by atoms with Crippen molar-refractivity contribution < 1.29 is 9.90 Å². The Bertz CT molecular complexity index is 756. The van der Waals surface area contributed by atoms with Gasteiger partial charge in [-0.15, -0.1) is 0 Å². The van der Waals surface area contributed by atoms with Crippen molar-refractivity contribution >= 4 is 28.4 Å². The zero-order chi connectivity index (χ0) is 15.4. The average molecular weight is 286 g/mol. The van der Waals surface area contributed by atoms with Gasteiger partial charge in [0.1, 0.15) is 5.56 Å². The average Bonchev–Trinajstić information content (AvgIpc) is 2.87. The molecule has 8 heteroatoms. The fourth-order valence-electron chi connectivity index (χ4n) is 1.85. The first-order valence-corrected chi connectivity index (χ1v) is 6.32. The van der Waals surface area contributed by atoms with Crippen LogP contribution in [0.25, 0.3) is 11.0 Å². The molecule has 2 aromatic heterocycles. The van der Waals surface area contributed by atoms with Crippen LogP contribution in [0.3, 0.4) is 0 Å². The Labute approximate surface area is 120 Å². The third kappa shape index (κ3) is 2.81. The summed E-state index contributed by atoms with van der Waals surface area (Å²) < 4.78 is 1.66. The number of aromatic nitrogens is 3. The number of aryl methyl sites for hydroxylation is 1. The van der Waals surface area contributed by atoms with Crippen molar-refractivity contribution in [2.75, 3.05) is 5.43 Å². The zero-order valence-electron chi connectivity index (χ0n) is 11.7. The van der Waals surface area contributed by atoms with Gasteiger partial charge in [-0.3, -0.25) is 5.43 Å². The molecule has 0 saturated heterocycles. The highest BCUT2D eigenvalue weighted by atomic mass is 16.4. The van der Waals surface area contributed by atoms with Crippen LogP contribution in [-0.2, 0) is 6.54 Å². The van der Waals surface area contributed by atoms with Crippen LogP contribution in [0.4, 0.5) is 5.69 Å². The third-order valence-electron chi connectivity index (χ3n) is 2.89. The summed E-state index contributed by atoms with van der Waals surface area (Å²) in [5.41, 5.74) is 4.19. The van der Waals surface area contributed by atoms with Crippen LogP contribution >= 0.6 is 0 Å². The maximum Gasteiger partial charge on any atom is 0.339 e. The van der Waals surface area contributed by atoms with E-state index in [-0.39, 0.29) is 12.0 Å². The van der Waals surface area contributed by atoms with E-state index in [1.54, 1.807) is 17.8 Å². The summed E-state index contributed by atoms with van der Waals surface area (Å²) in [7, 11) is 0. The van der Waals surface area contributed by atoms with Gasteiger partial charge in [-0.1, -0.05) is 0 Å². The summed E-state index contributed by atoms with van der Waals surface area (Å²) >= 11 is 0. The van der Waals surface area contributed by atoms with E-state index in [2.05, 4.69) is 20.6 Å². The van der Waals surface area contributed by atoms with Crippen LogP contribution in [-0.4, -0.2) is 31.6 Å². The first kappa shape index (κ1) is 14.5. The molecule has 0 radical (unpaired) electrons. The summed E-state index contributed by atoms with van der Waals surface area (Å²) in [6, 6.07) is 1.98. The molecule has 2 aromatic rings. The number of hydrogen-bond donors (Lipinski definition) is 2. The molecular weight excluding hydrogens is 272 g/mol. The van der Waals surface area contributed by atoms with Gasteiger partial charge >= 0.3 is 5.97 Å². The molecule has 0 aliphatic rings. The largest absolute Gasteiger partial charge is 0.478 e. The van der Waals surface area contributed by atoms with Gasteiger partial charge < -0.3 is 5.11 Å². The predicted molar refractivity (Wildman–Crippen MR) is 77.1 cm³/mol.